The molecule has 0 aliphatic carbocycles. The van der Waals surface area contributed by atoms with Gasteiger partial charge in [-0.1, -0.05) is 30.3 Å². The van der Waals surface area contributed by atoms with Crippen molar-refractivity contribution in [3.63, 3.8) is 0 Å². The third kappa shape index (κ3) is 5.97. The zero-order valence-electron chi connectivity index (χ0n) is 18.8. The van der Waals surface area contributed by atoms with Crippen LogP contribution in [-0.2, 0) is 22.6 Å². The normalized spacial score (nSPS) is 14.2. The molecule has 0 spiro atoms. The molecule has 8 nitrogen and oxygen atoms in total. The van der Waals surface area contributed by atoms with Gasteiger partial charge in [-0.15, -0.1) is 0 Å². The molecular formula is C25H29N5O3. The van der Waals surface area contributed by atoms with Crippen molar-refractivity contribution < 1.29 is 14.3 Å². The fourth-order valence-corrected chi connectivity index (χ4v) is 4.00. The minimum atomic E-state index is -0.0906. The molecule has 2 aromatic carbocycles. The highest BCUT2D eigenvalue weighted by atomic mass is 16.5. The molecule has 0 atom stereocenters. The predicted molar refractivity (Wildman–Crippen MR) is 124 cm³/mol. The van der Waals surface area contributed by atoms with Crippen LogP contribution in [0.1, 0.15) is 30.7 Å². The first kappa shape index (κ1) is 22.5. The van der Waals surface area contributed by atoms with Crippen molar-refractivity contribution in [1.29, 1.82) is 0 Å². The number of hydrogen-bond donors (Lipinski definition) is 2. The minimum Gasteiger partial charge on any atom is -0.497 e. The molecule has 1 aliphatic rings. The molecule has 1 aromatic heterocycles. The number of aryl methyl sites for hydroxylation is 1. The van der Waals surface area contributed by atoms with Crippen molar-refractivity contribution in [2.75, 3.05) is 20.2 Å². The Bertz CT molecular complexity index is 1060. The Balaban J connectivity index is 1.20. The van der Waals surface area contributed by atoms with Crippen molar-refractivity contribution in [2.45, 2.75) is 32.2 Å². The molecule has 1 aliphatic heterocycles. The number of aromatic nitrogens is 3. The molecule has 3 aromatic rings. The van der Waals surface area contributed by atoms with Gasteiger partial charge in [0, 0.05) is 31.0 Å². The van der Waals surface area contributed by atoms with Gasteiger partial charge in [0.05, 0.1) is 13.7 Å². The molecule has 4 rings (SSSR count). The lowest BCUT2D eigenvalue weighted by atomic mass is 9.95. The highest BCUT2D eigenvalue weighted by Crippen LogP contribution is 2.20. The second-order valence-electron chi connectivity index (χ2n) is 8.19. The standard InChI is InChI=1S/C25H29N5O3/c1-33-21-10-8-19(9-11-21)24-27-22(28-29-24)17-26-25(32)20-13-15-30(16-14-20)23(31)12-7-18-5-3-2-4-6-18/h2-6,8-11,20H,7,12-17H2,1H3,(H,26,32)(H,27,28,29). The van der Waals surface area contributed by atoms with Gasteiger partial charge in [0.15, 0.2) is 5.82 Å². The summed E-state index contributed by atoms with van der Waals surface area (Å²) in [6, 6.07) is 17.5. The van der Waals surface area contributed by atoms with Crippen molar-refractivity contribution in [2.24, 2.45) is 5.92 Å². The Kier molecular flexibility index (Phi) is 7.34. The summed E-state index contributed by atoms with van der Waals surface area (Å²) in [4.78, 5) is 31.5. The van der Waals surface area contributed by atoms with Crippen molar-refractivity contribution in [3.05, 3.63) is 66.0 Å². The number of H-pyrrole nitrogens is 1. The number of methoxy groups -OCH3 is 1. The van der Waals surface area contributed by atoms with Crippen LogP contribution in [0, 0.1) is 5.92 Å². The lowest BCUT2D eigenvalue weighted by molar-refractivity contribution is -0.135. The Morgan fingerprint density at radius 3 is 2.52 bits per heavy atom. The van der Waals surface area contributed by atoms with Crippen molar-refractivity contribution in [1.82, 2.24) is 25.4 Å². The van der Waals surface area contributed by atoms with E-state index < -0.39 is 0 Å². The van der Waals surface area contributed by atoms with Gasteiger partial charge in [-0.25, -0.2) is 4.98 Å². The van der Waals surface area contributed by atoms with E-state index in [1.54, 1.807) is 7.11 Å². The molecule has 2 N–H and O–H groups in total. The summed E-state index contributed by atoms with van der Waals surface area (Å²) in [6.07, 6.45) is 2.60. The van der Waals surface area contributed by atoms with E-state index in [-0.39, 0.29) is 24.3 Å². The van der Waals surface area contributed by atoms with Crippen LogP contribution in [0.25, 0.3) is 11.4 Å². The number of piperidine rings is 1. The average Bonchev–Trinajstić information content (AvgIpc) is 3.35. The lowest BCUT2D eigenvalue weighted by Crippen LogP contribution is -2.43. The van der Waals surface area contributed by atoms with E-state index in [0.717, 1.165) is 17.7 Å². The zero-order chi connectivity index (χ0) is 23.0. The Morgan fingerprint density at radius 2 is 1.82 bits per heavy atom. The van der Waals surface area contributed by atoms with Gasteiger partial charge in [0.1, 0.15) is 11.6 Å². The fraction of sp³-hybridized carbons (Fsp3) is 0.360. The lowest BCUT2D eigenvalue weighted by Gasteiger charge is -2.31. The van der Waals surface area contributed by atoms with Crippen LogP contribution >= 0.6 is 0 Å². The number of carbonyl (C=O) groups excluding carboxylic acids is 2. The number of likely N-dealkylation sites (tertiary alicyclic amines) is 1. The zero-order valence-corrected chi connectivity index (χ0v) is 18.8. The van der Waals surface area contributed by atoms with Crippen LogP contribution in [-0.4, -0.2) is 52.1 Å². The highest BCUT2D eigenvalue weighted by molar-refractivity contribution is 5.80. The van der Waals surface area contributed by atoms with Crippen LogP contribution in [0.4, 0.5) is 0 Å². The van der Waals surface area contributed by atoms with Gasteiger partial charge in [0.25, 0.3) is 0 Å². The SMILES string of the molecule is COc1ccc(-c2n[nH]c(CNC(=O)C3CCN(C(=O)CCc4ccccc4)CC3)n2)cc1. The molecule has 0 bridgehead atoms. The van der Waals surface area contributed by atoms with Crippen molar-refractivity contribution >= 4 is 11.8 Å². The third-order valence-electron chi connectivity index (χ3n) is 6.00. The van der Waals surface area contributed by atoms with Crippen LogP contribution in [0.3, 0.4) is 0 Å². The summed E-state index contributed by atoms with van der Waals surface area (Å²) < 4.78 is 5.17. The van der Waals surface area contributed by atoms with Gasteiger partial charge < -0.3 is 15.0 Å². The second kappa shape index (κ2) is 10.8. The highest BCUT2D eigenvalue weighted by Gasteiger charge is 2.27. The number of carbonyl (C=O) groups is 2. The van der Waals surface area contributed by atoms with E-state index >= 15 is 0 Å². The second-order valence-corrected chi connectivity index (χ2v) is 8.19. The average molecular weight is 448 g/mol. The third-order valence-corrected chi connectivity index (χ3v) is 6.00. The first-order chi connectivity index (χ1) is 16.1. The van der Waals surface area contributed by atoms with E-state index in [2.05, 4.69) is 20.5 Å². The molecule has 2 heterocycles. The predicted octanol–water partition coefficient (Wildman–Crippen LogP) is 2.97. The summed E-state index contributed by atoms with van der Waals surface area (Å²) in [5.41, 5.74) is 2.04. The first-order valence-electron chi connectivity index (χ1n) is 11.3. The summed E-state index contributed by atoms with van der Waals surface area (Å²) in [5.74, 6) is 2.00. The molecule has 8 heteroatoms. The molecule has 0 saturated carbocycles. The number of ether oxygens (including phenoxy) is 1. The first-order valence-corrected chi connectivity index (χ1v) is 11.3. The molecule has 0 unspecified atom stereocenters. The number of rotatable bonds is 8. The molecule has 2 amide bonds. The smallest absolute Gasteiger partial charge is 0.223 e. The number of benzene rings is 2. The number of nitrogens with one attached hydrogen (secondary N) is 2. The summed E-state index contributed by atoms with van der Waals surface area (Å²) in [7, 11) is 1.62. The van der Waals surface area contributed by atoms with E-state index in [1.165, 1.54) is 5.56 Å². The Hall–Kier alpha value is -3.68. The van der Waals surface area contributed by atoms with Crippen LogP contribution in [0.5, 0.6) is 5.75 Å². The maximum absolute atomic E-state index is 12.6. The maximum atomic E-state index is 12.6. The Morgan fingerprint density at radius 1 is 1.09 bits per heavy atom. The van der Waals surface area contributed by atoms with Crippen molar-refractivity contribution in [3.8, 4) is 17.1 Å². The largest absolute Gasteiger partial charge is 0.497 e. The van der Waals surface area contributed by atoms with Gasteiger partial charge in [-0.3, -0.25) is 14.7 Å². The van der Waals surface area contributed by atoms with Gasteiger partial charge in [-0.2, -0.15) is 5.10 Å². The molecule has 33 heavy (non-hydrogen) atoms. The quantitative estimate of drug-likeness (QED) is 0.553. The van der Waals surface area contributed by atoms with E-state index in [1.807, 2.05) is 59.5 Å². The fourth-order valence-electron chi connectivity index (χ4n) is 4.00. The number of amides is 2. The van der Waals surface area contributed by atoms with Gasteiger partial charge in [-0.05, 0) is 49.1 Å². The van der Waals surface area contributed by atoms with E-state index in [9.17, 15) is 9.59 Å². The molecule has 1 saturated heterocycles. The van der Waals surface area contributed by atoms with E-state index in [0.29, 0.717) is 44.0 Å². The topological polar surface area (TPSA) is 100 Å². The molecule has 0 radical (unpaired) electrons. The van der Waals surface area contributed by atoms with Gasteiger partial charge in [0.2, 0.25) is 11.8 Å². The van der Waals surface area contributed by atoms with E-state index in [4.69, 9.17) is 4.74 Å². The number of hydrogen-bond acceptors (Lipinski definition) is 5. The minimum absolute atomic E-state index is 0.00576. The molecule has 172 valence electrons. The molecule has 1 fully saturated rings. The summed E-state index contributed by atoms with van der Waals surface area (Å²) in [6.45, 7) is 1.53. The molecular weight excluding hydrogens is 418 g/mol. The Labute approximate surface area is 193 Å². The van der Waals surface area contributed by atoms with Gasteiger partial charge >= 0.3 is 0 Å². The number of nitrogens with zero attached hydrogens (tertiary/aromatic N) is 3. The summed E-state index contributed by atoms with van der Waals surface area (Å²) in [5, 5.41) is 10.1. The maximum Gasteiger partial charge on any atom is 0.223 e. The van der Waals surface area contributed by atoms with Crippen LogP contribution < -0.4 is 10.1 Å². The monoisotopic (exact) mass is 447 g/mol. The number of aromatic amines is 1. The van der Waals surface area contributed by atoms with Crippen LogP contribution in [0.15, 0.2) is 54.6 Å². The van der Waals surface area contributed by atoms with Crippen LogP contribution in [0.2, 0.25) is 0 Å². The summed E-state index contributed by atoms with van der Waals surface area (Å²) >= 11 is 0.